The number of carboxylic acid groups (broad SMARTS) is 2. The average Bonchev–Trinajstić information content (AvgIpc) is 3.45. The number of benzene rings is 3. The number of likely N-dealkylation sites (tertiary alicyclic amines) is 1. The first-order chi connectivity index (χ1) is 18.4. The molecule has 0 saturated carbocycles. The molecule has 1 fully saturated rings. The predicted octanol–water partition coefficient (Wildman–Crippen LogP) is 4.74. The van der Waals surface area contributed by atoms with Crippen LogP contribution in [-0.2, 0) is 27.2 Å². The number of anilines is 1. The van der Waals surface area contributed by atoms with Crippen molar-refractivity contribution in [2.75, 3.05) is 31.1 Å². The van der Waals surface area contributed by atoms with Crippen molar-refractivity contribution in [3.8, 4) is 11.1 Å². The maximum Gasteiger partial charge on any atom is 0.414 e. The van der Waals surface area contributed by atoms with Gasteiger partial charge in [-0.15, -0.1) is 0 Å². The lowest BCUT2D eigenvalue weighted by Crippen LogP contribution is -2.43. The second-order valence-corrected chi connectivity index (χ2v) is 9.88. The van der Waals surface area contributed by atoms with Gasteiger partial charge >= 0.3 is 11.9 Å². The fourth-order valence-corrected chi connectivity index (χ4v) is 5.25. The summed E-state index contributed by atoms with van der Waals surface area (Å²) in [5.41, 5.74) is 6.11. The molecule has 2 aliphatic rings. The van der Waals surface area contributed by atoms with Crippen LogP contribution in [0, 0.1) is 5.92 Å². The summed E-state index contributed by atoms with van der Waals surface area (Å²) in [7, 11) is 0. The standard InChI is InChI=1S/C29H32N2O.C2H2O4/c32-29(17-14-23-12-15-26(16-13-23)25-8-2-1-3-9-25)31-22-24(21-30-18-6-7-19-30)20-27-10-4-5-11-28(27)31;3-1(4)2(5)6/h1-5,8-13,15-16,24H,6-7,14,17-22H2;(H,3,4)(H,5,6). The Labute approximate surface area is 223 Å². The summed E-state index contributed by atoms with van der Waals surface area (Å²) >= 11 is 0. The third-order valence-corrected chi connectivity index (χ3v) is 7.12. The van der Waals surface area contributed by atoms with Gasteiger partial charge in [-0.2, -0.15) is 0 Å². The quantitative estimate of drug-likeness (QED) is 0.461. The van der Waals surface area contributed by atoms with Crippen LogP contribution in [0.1, 0.15) is 30.4 Å². The first-order valence-corrected chi connectivity index (χ1v) is 13.1. The van der Waals surface area contributed by atoms with Crippen molar-refractivity contribution in [1.29, 1.82) is 0 Å². The summed E-state index contributed by atoms with van der Waals surface area (Å²) in [5, 5.41) is 14.8. The van der Waals surface area contributed by atoms with Crippen molar-refractivity contribution in [1.82, 2.24) is 4.90 Å². The molecule has 0 bridgehead atoms. The summed E-state index contributed by atoms with van der Waals surface area (Å²) in [5.74, 6) is -2.88. The maximum atomic E-state index is 13.3. The number of rotatable bonds is 6. The van der Waals surface area contributed by atoms with Crippen molar-refractivity contribution in [2.24, 2.45) is 5.92 Å². The molecule has 38 heavy (non-hydrogen) atoms. The third kappa shape index (κ3) is 7.29. The van der Waals surface area contributed by atoms with E-state index < -0.39 is 11.9 Å². The van der Waals surface area contributed by atoms with Crippen molar-refractivity contribution >= 4 is 23.5 Å². The van der Waals surface area contributed by atoms with E-state index in [0.717, 1.165) is 31.6 Å². The van der Waals surface area contributed by atoms with Gasteiger partial charge in [0.2, 0.25) is 5.91 Å². The lowest BCUT2D eigenvalue weighted by molar-refractivity contribution is -0.159. The Morgan fingerprint density at radius 2 is 1.37 bits per heavy atom. The van der Waals surface area contributed by atoms with E-state index in [2.05, 4.69) is 82.6 Å². The fraction of sp³-hybridized carbons (Fsp3) is 0.323. The summed E-state index contributed by atoms with van der Waals surface area (Å²) in [4.78, 5) is 36.2. The SMILES string of the molecule is O=C(CCc1ccc(-c2ccccc2)cc1)N1CC(CN2CCCC2)Cc2ccccc21.O=C(O)C(=O)O. The van der Waals surface area contributed by atoms with Gasteiger partial charge in [0.15, 0.2) is 0 Å². The van der Waals surface area contributed by atoms with E-state index in [1.807, 2.05) is 6.07 Å². The molecule has 1 unspecified atom stereocenters. The Morgan fingerprint density at radius 3 is 2.03 bits per heavy atom. The van der Waals surface area contributed by atoms with E-state index in [9.17, 15) is 4.79 Å². The van der Waals surface area contributed by atoms with Crippen molar-refractivity contribution in [3.63, 3.8) is 0 Å². The zero-order chi connectivity index (χ0) is 26.9. The molecule has 3 aromatic carbocycles. The number of amides is 1. The topological polar surface area (TPSA) is 98.2 Å². The minimum atomic E-state index is -1.82. The summed E-state index contributed by atoms with van der Waals surface area (Å²) in [6, 6.07) is 27.6. The molecule has 7 heteroatoms. The smallest absolute Gasteiger partial charge is 0.414 e. The number of aryl methyl sites for hydroxylation is 1. The first-order valence-electron chi connectivity index (χ1n) is 13.1. The van der Waals surface area contributed by atoms with E-state index in [1.54, 1.807) is 0 Å². The van der Waals surface area contributed by atoms with Crippen LogP contribution in [0.3, 0.4) is 0 Å². The molecular weight excluding hydrogens is 480 g/mol. The Morgan fingerprint density at radius 1 is 0.763 bits per heavy atom. The molecule has 0 aliphatic carbocycles. The van der Waals surface area contributed by atoms with E-state index >= 15 is 0 Å². The molecule has 7 nitrogen and oxygen atoms in total. The minimum absolute atomic E-state index is 0.246. The van der Waals surface area contributed by atoms with Gasteiger partial charge in [-0.1, -0.05) is 72.8 Å². The highest BCUT2D eigenvalue weighted by Gasteiger charge is 2.29. The fourth-order valence-electron chi connectivity index (χ4n) is 5.25. The summed E-state index contributed by atoms with van der Waals surface area (Å²) in [6.07, 6.45) is 5.04. The molecule has 2 aliphatic heterocycles. The molecule has 2 heterocycles. The van der Waals surface area contributed by atoms with E-state index in [4.69, 9.17) is 19.8 Å². The zero-order valence-corrected chi connectivity index (χ0v) is 21.5. The number of aliphatic carboxylic acids is 2. The maximum absolute atomic E-state index is 13.3. The lowest BCUT2D eigenvalue weighted by Gasteiger charge is -2.36. The summed E-state index contributed by atoms with van der Waals surface area (Å²) < 4.78 is 0. The minimum Gasteiger partial charge on any atom is -0.473 e. The van der Waals surface area contributed by atoms with E-state index in [0.29, 0.717) is 12.3 Å². The van der Waals surface area contributed by atoms with Crippen LogP contribution < -0.4 is 4.90 Å². The van der Waals surface area contributed by atoms with Crippen molar-refractivity contribution in [2.45, 2.75) is 32.1 Å². The van der Waals surface area contributed by atoms with Gasteiger partial charge < -0.3 is 20.0 Å². The normalized spacial score (nSPS) is 16.7. The zero-order valence-electron chi connectivity index (χ0n) is 21.5. The average molecular weight is 515 g/mol. The number of carbonyl (C=O) groups is 3. The van der Waals surface area contributed by atoms with Crippen LogP contribution >= 0.6 is 0 Å². The molecule has 1 atom stereocenters. The molecular formula is C31H34N2O5. The molecule has 0 radical (unpaired) electrons. The van der Waals surface area contributed by atoms with Crippen molar-refractivity contribution < 1.29 is 24.6 Å². The van der Waals surface area contributed by atoms with Crippen LogP contribution in [0.5, 0.6) is 0 Å². The number of carbonyl (C=O) groups excluding carboxylic acids is 1. The highest BCUT2D eigenvalue weighted by Crippen LogP contribution is 2.31. The van der Waals surface area contributed by atoms with Gasteiger partial charge in [0, 0.05) is 25.2 Å². The Bertz CT molecular complexity index is 1220. The van der Waals surface area contributed by atoms with Crippen LogP contribution in [0.25, 0.3) is 11.1 Å². The Balaban J connectivity index is 0.000000505. The van der Waals surface area contributed by atoms with Gasteiger partial charge in [-0.05, 0) is 73.0 Å². The summed E-state index contributed by atoms with van der Waals surface area (Å²) in [6.45, 7) is 4.38. The molecule has 0 spiro atoms. The number of nitrogens with zero attached hydrogens (tertiary/aromatic N) is 2. The monoisotopic (exact) mass is 514 g/mol. The largest absolute Gasteiger partial charge is 0.473 e. The highest BCUT2D eigenvalue weighted by atomic mass is 16.4. The highest BCUT2D eigenvalue weighted by molar-refractivity contribution is 6.27. The Kier molecular flexibility index (Phi) is 9.27. The molecule has 1 amide bonds. The number of carboxylic acids is 2. The molecule has 5 rings (SSSR count). The Hall–Kier alpha value is -3.97. The molecule has 1 saturated heterocycles. The molecule has 3 aromatic rings. The molecule has 198 valence electrons. The van der Waals surface area contributed by atoms with Crippen LogP contribution in [0.15, 0.2) is 78.9 Å². The van der Waals surface area contributed by atoms with Crippen LogP contribution in [0.2, 0.25) is 0 Å². The third-order valence-electron chi connectivity index (χ3n) is 7.12. The molecule has 2 N–H and O–H groups in total. The predicted molar refractivity (Wildman–Crippen MR) is 147 cm³/mol. The van der Waals surface area contributed by atoms with Crippen LogP contribution in [-0.4, -0.2) is 59.1 Å². The van der Waals surface area contributed by atoms with Gasteiger partial charge in [0.1, 0.15) is 0 Å². The lowest BCUT2D eigenvalue weighted by atomic mass is 9.91. The second-order valence-electron chi connectivity index (χ2n) is 9.88. The number of hydrogen-bond donors (Lipinski definition) is 2. The first kappa shape index (κ1) is 27.1. The number of hydrogen-bond acceptors (Lipinski definition) is 4. The van der Waals surface area contributed by atoms with Gasteiger partial charge in [-0.25, -0.2) is 9.59 Å². The van der Waals surface area contributed by atoms with E-state index in [1.165, 1.54) is 48.2 Å². The molecule has 0 aromatic heterocycles. The number of fused-ring (bicyclic) bond motifs is 1. The van der Waals surface area contributed by atoms with Gasteiger partial charge in [0.25, 0.3) is 0 Å². The van der Waals surface area contributed by atoms with E-state index in [-0.39, 0.29) is 5.91 Å². The number of para-hydroxylation sites is 1. The van der Waals surface area contributed by atoms with Gasteiger partial charge in [-0.3, -0.25) is 4.79 Å². The van der Waals surface area contributed by atoms with Crippen LogP contribution in [0.4, 0.5) is 5.69 Å². The van der Waals surface area contributed by atoms with Gasteiger partial charge in [0.05, 0.1) is 0 Å². The van der Waals surface area contributed by atoms with Crippen molar-refractivity contribution in [3.05, 3.63) is 90.0 Å². The second kappa shape index (κ2) is 13.0.